The van der Waals surface area contributed by atoms with Gasteiger partial charge < -0.3 is 10.0 Å². The molecule has 0 aliphatic heterocycles. The number of amides is 1. The summed E-state index contributed by atoms with van der Waals surface area (Å²) in [7, 11) is 3.38. The molecule has 0 saturated heterocycles. The first-order valence-corrected chi connectivity index (χ1v) is 3.88. The van der Waals surface area contributed by atoms with Crippen molar-refractivity contribution in [2.24, 2.45) is 5.41 Å². The molecule has 4 nitrogen and oxygen atoms in total. The third-order valence-electron chi connectivity index (χ3n) is 1.45. The molecule has 0 atom stereocenters. The quantitative estimate of drug-likeness (QED) is 0.727. The van der Waals surface area contributed by atoms with Crippen LogP contribution in [0.1, 0.15) is 13.8 Å². The highest BCUT2D eigenvalue weighted by atomic mass is 19.4. The van der Waals surface area contributed by atoms with Crippen molar-refractivity contribution < 1.29 is 27.9 Å². The fourth-order valence-corrected chi connectivity index (χ4v) is 0.121. The Morgan fingerprint density at radius 2 is 1.53 bits per heavy atom. The smallest absolute Gasteiger partial charge is 0.404 e. The summed E-state index contributed by atoms with van der Waals surface area (Å²) < 4.78 is 35.1. The highest BCUT2D eigenvalue weighted by Crippen LogP contribution is 2.37. The molecule has 0 unspecified atom stereocenters. The van der Waals surface area contributed by atoms with Crippen molar-refractivity contribution in [2.45, 2.75) is 20.0 Å². The zero-order valence-electron chi connectivity index (χ0n) is 8.92. The van der Waals surface area contributed by atoms with Crippen LogP contribution in [0.5, 0.6) is 0 Å². The van der Waals surface area contributed by atoms with Gasteiger partial charge in [0.1, 0.15) is 0 Å². The molecule has 90 valence electrons. The monoisotopic (exact) mass is 229 g/mol. The molecular weight excluding hydrogens is 215 g/mol. The van der Waals surface area contributed by atoms with Gasteiger partial charge in [0.15, 0.2) is 5.41 Å². The van der Waals surface area contributed by atoms with Gasteiger partial charge >= 0.3 is 12.1 Å². The maximum Gasteiger partial charge on any atom is 0.404 e. The summed E-state index contributed by atoms with van der Waals surface area (Å²) in [6.07, 6.45) is -3.93. The van der Waals surface area contributed by atoms with Gasteiger partial charge in [0.2, 0.25) is 6.41 Å². The number of carboxylic acids is 1. The van der Waals surface area contributed by atoms with E-state index in [1.165, 1.54) is 4.90 Å². The molecule has 0 saturated carbocycles. The van der Waals surface area contributed by atoms with Gasteiger partial charge in [0.25, 0.3) is 0 Å². The summed E-state index contributed by atoms with van der Waals surface area (Å²) in [5.74, 6) is -1.86. The van der Waals surface area contributed by atoms with Gasteiger partial charge in [-0.05, 0) is 13.8 Å². The second-order valence-electron chi connectivity index (χ2n) is 3.50. The maximum absolute atomic E-state index is 11.7. The number of carbonyl (C=O) groups excluding carboxylic acids is 1. The molecule has 0 aliphatic rings. The zero-order valence-corrected chi connectivity index (χ0v) is 8.92. The summed E-state index contributed by atoms with van der Waals surface area (Å²) >= 11 is 0. The Morgan fingerprint density at radius 1 is 1.27 bits per heavy atom. The van der Waals surface area contributed by atoms with Crippen LogP contribution in [0.3, 0.4) is 0 Å². The van der Waals surface area contributed by atoms with Crippen LogP contribution in [-0.4, -0.2) is 42.7 Å². The van der Waals surface area contributed by atoms with Gasteiger partial charge in [-0.15, -0.1) is 0 Å². The van der Waals surface area contributed by atoms with E-state index in [0.29, 0.717) is 13.8 Å². The summed E-state index contributed by atoms with van der Waals surface area (Å²) in [4.78, 5) is 20.8. The van der Waals surface area contributed by atoms with Gasteiger partial charge in [0.05, 0.1) is 0 Å². The van der Waals surface area contributed by atoms with Crippen LogP contribution in [0.4, 0.5) is 13.2 Å². The molecule has 15 heavy (non-hydrogen) atoms. The van der Waals surface area contributed by atoms with E-state index >= 15 is 0 Å². The Hall–Kier alpha value is -1.27. The average molecular weight is 229 g/mol. The topological polar surface area (TPSA) is 57.6 Å². The van der Waals surface area contributed by atoms with Crippen molar-refractivity contribution in [3.8, 4) is 0 Å². The zero-order chi connectivity index (χ0) is 12.9. The van der Waals surface area contributed by atoms with E-state index in [1.54, 1.807) is 14.1 Å². The number of aliphatic carboxylic acids is 1. The Labute approximate surface area is 85.7 Å². The molecule has 1 amide bonds. The summed E-state index contributed by atoms with van der Waals surface area (Å²) in [5.41, 5.74) is -2.65. The van der Waals surface area contributed by atoms with E-state index in [0.717, 1.165) is 6.41 Å². The van der Waals surface area contributed by atoms with Gasteiger partial charge in [-0.3, -0.25) is 9.59 Å². The van der Waals surface area contributed by atoms with E-state index in [1.807, 2.05) is 0 Å². The second-order valence-corrected chi connectivity index (χ2v) is 3.50. The molecule has 0 heterocycles. The van der Waals surface area contributed by atoms with Crippen LogP contribution >= 0.6 is 0 Å². The molecule has 0 rings (SSSR count). The van der Waals surface area contributed by atoms with E-state index in [-0.39, 0.29) is 0 Å². The largest absolute Gasteiger partial charge is 0.481 e. The molecule has 0 aromatic rings. The normalized spacial score (nSPS) is 11.1. The SMILES string of the molecule is CC(C)(C(=O)O)C(F)(F)F.CN(C)C=O. The van der Waals surface area contributed by atoms with E-state index in [9.17, 15) is 22.8 Å². The Balaban J connectivity index is 0. The number of alkyl halides is 3. The lowest BCUT2D eigenvalue weighted by Crippen LogP contribution is -2.39. The molecular formula is C8H14F3NO3. The third kappa shape index (κ3) is 5.92. The fourth-order valence-electron chi connectivity index (χ4n) is 0.121. The maximum atomic E-state index is 11.7. The van der Waals surface area contributed by atoms with Crippen molar-refractivity contribution >= 4 is 12.4 Å². The van der Waals surface area contributed by atoms with Crippen molar-refractivity contribution in [3.63, 3.8) is 0 Å². The first-order valence-electron chi connectivity index (χ1n) is 3.88. The lowest BCUT2D eigenvalue weighted by molar-refractivity contribution is -0.221. The number of hydrogen-bond donors (Lipinski definition) is 1. The van der Waals surface area contributed by atoms with Crippen LogP contribution in [0.2, 0.25) is 0 Å². The second kappa shape index (κ2) is 5.57. The van der Waals surface area contributed by atoms with E-state index in [2.05, 4.69) is 0 Å². The highest BCUT2D eigenvalue weighted by Gasteiger charge is 2.53. The fraction of sp³-hybridized carbons (Fsp3) is 0.750. The molecule has 0 aromatic carbocycles. The summed E-state index contributed by atoms with van der Waals surface area (Å²) in [5, 5.41) is 8.06. The number of hydrogen-bond acceptors (Lipinski definition) is 2. The Kier molecular flexibility index (Phi) is 6.01. The van der Waals surface area contributed by atoms with Gasteiger partial charge in [-0.25, -0.2) is 0 Å². The minimum absolute atomic E-state index is 0.620. The van der Waals surface area contributed by atoms with Crippen molar-refractivity contribution in [2.75, 3.05) is 14.1 Å². The van der Waals surface area contributed by atoms with Crippen LogP contribution in [0, 0.1) is 5.41 Å². The van der Waals surface area contributed by atoms with Crippen molar-refractivity contribution in [1.29, 1.82) is 0 Å². The molecule has 0 fully saturated rings. The van der Waals surface area contributed by atoms with Crippen LogP contribution < -0.4 is 0 Å². The van der Waals surface area contributed by atoms with E-state index in [4.69, 9.17) is 5.11 Å². The lowest BCUT2D eigenvalue weighted by Gasteiger charge is -2.21. The third-order valence-corrected chi connectivity index (χ3v) is 1.45. The number of carboxylic acid groups (broad SMARTS) is 1. The first kappa shape index (κ1) is 16.2. The first-order chi connectivity index (χ1) is 6.46. The average Bonchev–Trinajstić information content (AvgIpc) is 2.03. The Bertz CT molecular complexity index is 224. The summed E-state index contributed by atoms with van der Waals surface area (Å²) in [6.45, 7) is 1.24. The van der Waals surface area contributed by atoms with Gasteiger partial charge in [0, 0.05) is 14.1 Å². The number of nitrogens with zero attached hydrogens (tertiary/aromatic N) is 1. The van der Waals surface area contributed by atoms with Gasteiger partial charge in [-0.2, -0.15) is 13.2 Å². The predicted molar refractivity (Wildman–Crippen MR) is 47.2 cm³/mol. The molecule has 7 heteroatoms. The predicted octanol–water partition coefficient (Wildman–Crippen LogP) is 1.36. The van der Waals surface area contributed by atoms with Crippen LogP contribution in [0.15, 0.2) is 0 Å². The lowest BCUT2D eigenvalue weighted by atomic mass is 9.93. The minimum Gasteiger partial charge on any atom is -0.481 e. The van der Waals surface area contributed by atoms with Crippen LogP contribution in [0.25, 0.3) is 0 Å². The van der Waals surface area contributed by atoms with Gasteiger partial charge in [-0.1, -0.05) is 0 Å². The van der Waals surface area contributed by atoms with Crippen LogP contribution in [-0.2, 0) is 9.59 Å². The summed E-state index contributed by atoms with van der Waals surface area (Å²) in [6, 6.07) is 0. The number of rotatable bonds is 2. The Morgan fingerprint density at radius 3 is 1.53 bits per heavy atom. The molecule has 0 bridgehead atoms. The van der Waals surface area contributed by atoms with Crippen molar-refractivity contribution in [3.05, 3.63) is 0 Å². The number of halogens is 3. The van der Waals surface area contributed by atoms with E-state index < -0.39 is 17.6 Å². The molecule has 0 aromatic heterocycles. The molecule has 0 radical (unpaired) electrons. The minimum atomic E-state index is -4.68. The highest BCUT2D eigenvalue weighted by molar-refractivity contribution is 5.74. The molecule has 1 N–H and O–H groups in total. The standard InChI is InChI=1S/C5H7F3O2.C3H7NO/c1-4(2,3(9)10)5(6,7)8;1-4(2)3-5/h1-2H3,(H,9,10);3H,1-2H3. The number of carbonyl (C=O) groups is 2. The molecule has 0 aliphatic carbocycles. The molecule has 0 spiro atoms. The van der Waals surface area contributed by atoms with Crippen molar-refractivity contribution in [1.82, 2.24) is 4.90 Å².